The van der Waals surface area contributed by atoms with Crippen LogP contribution in [0.15, 0.2) is 12.1 Å². The number of carbonyl (C=O) groups is 2. The van der Waals surface area contributed by atoms with Crippen molar-refractivity contribution in [2.45, 2.75) is 40.3 Å². The highest BCUT2D eigenvalue weighted by molar-refractivity contribution is 7.14. The van der Waals surface area contributed by atoms with Gasteiger partial charge in [-0.15, -0.1) is 11.3 Å². The first-order chi connectivity index (χ1) is 9.20. The van der Waals surface area contributed by atoms with Gasteiger partial charge in [0, 0.05) is 18.3 Å². The Kier molecular flexibility index (Phi) is 5.71. The Balaban J connectivity index is 2.50. The second kappa shape index (κ2) is 6.85. The van der Waals surface area contributed by atoms with Crippen molar-refractivity contribution in [2.75, 3.05) is 6.54 Å². The van der Waals surface area contributed by atoms with Crippen molar-refractivity contribution in [2.24, 2.45) is 5.41 Å². The maximum atomic E-state index is 11.9. The fourth-order valence-electron chi connectivity index (χ4n) is 1.39. The molecule has 0 fully saturated rings. The largest absolute Gasteiger partial charge is 0.391 e. The summed E-state index contributed by atoms with van der Waals surface area (Å²) >= 11 is 1.33. The lowest BCUT2D eigenvalue weighted by Crippen LogP contribution is -2.39. The van der Waals surface area contributed by atoms with Crippen LogP contribution < -0.4 is 10.6 Å². The smallest absolute Gasteiger partial charge is 0.261 e. The molecule has 0 aliphatic heterocycles. The van der Waals surface area contributed by atoms with E-state index in [9.17, 15) is 14.7 Å². The van der Waals surface area contributed by atoms with E-state index >= 15 is 0 Å². The van der Waals surface area contributed by atoms with E-state index in [0.717, 1.165) is 4.88 Å². The standard InChI is InChI=1S/C14H22N2O3S/c1-9(17)15-7-10-5-6-11(20-10)13(19)16-8-12(18)14(2,3)4/h5-6,12,18H,7-8H2,1-4H3,(H,15,17)(H,16,19). The summed E-state index contributed by atoms with van der Waals surface area (Å²) in [6.07, 6.45) is -0.592. The third-order valence-electron chi connectivity index (χ3n) is 2.85. The first-order valence-corrected chi connectivity index (χ1v) is 7.31. The van der Waals surface area contributed by atoms with E-state index in [-0.39, 0.29) is 23.8 Å². The van der Waals surface area contributed by atoms with Crippen molar-refractivity contribution < 1.29 is 14.7 Å². The maximum absolute atomic E-state index is 11.9. The number of amides is 2. The molecule has 6 heteroatoms. The van der Waals surface area contributed by atoms with E-state index in [1.165, 1.54) is 18.3 Å². The van der Waals surface area contributed by atoms with Gasteiger partial charge in [0.25, 0.3) is 5.91 Å². The van der Waals surface area contributed by atoms with Gasteiger partial charge in [-0.2, -0.15) is 0 Å². The predicted octanol–water partition coefficient (Wildman–Crippen LogP) is 1.52. The molecule has 0 bridgehead atoms. The lowest BCUT2D eigenvalue weighted by Gasteiger charge is -2.25. The molecular weight excluding hydrogens is 276 g/mol. The number of thiophene rings is 1. The van der Waals surface area contributed by atoms with E-state index in [1.807, 2.05) is 26.8 Å². The van der Waals surface area contributed by atoms with E-state index < -0.39 is 6.10 Å². The Morgan fingerprint density at radius 3 is 2.50 bits per heavy atom. The lowest BCUT2D eigenvalue weighted by atomic mass is 9.89. The molecule has 0 aromatic carbocycles. The van der Waals surface area contributed by atoms with Gasteiger partial charge in [0.05, 0.1) is 17.5 Å². The Bertz CT molecular complexity index is 477. The van der Waals surface area contributed by atoms with Gasteiger partial charge in [0.15, 0.2) is 0 Å². The Morgan fingerprint density at radius 1 is 1.30 bits per heavy atom. The summed E-state index contributed by atoms with van der Waals surface area (Å²) in [4.78, 5) is 24.2. The molecule has 1 unspecified atom stereocenters. The van der Waals surface area contributed by atoms with Gasteiger partial charge in [0.2, 0.25) is 5.91 Å². The molecule has 1 aromatic heterocycles. The van der Waals surface area contributed by atoms with Crippen molar-refractivity contribution in [3.05, 3.63) is 21.9 Å². The molecular formula is C14H22N2O3S. The van der Waals surface area contributed by atoms with Crippen LogP contribution in [0.3, 0.4) is 0 Å². The molecule has 3 N–H and O–H groups in total. The average molecular weight is 298 g/mol. The number of carbonyl (C=O) groups excluding carboxylic acids is 2. The molecule has 0 spiro atoms. The summed E-state index contributed by atoms with van der Waals surface area (Å²) in [6.45, 7) is 7.86. The highest BCUT2D eigenvalue weighted by atomic mass is 32.1. The second-order valence-corrected chi connectivity index (χ2v) is 6.94. The van der Waals surface area contributed by atoms with E-state index in [2.05, 4.69) is 10.6 Å². The molecule has 0 saturated heterocycles. The molecule has 0 aliphatic carbocycles. The van der Waals surface area contributed by atoms with Crippen LogP contribution in [0.1, 0.15) is 42.2 Å². The molecule has 2 amide bonds. The Labute approximate surface area is 123 Å². The maximum Gasteiger partial charge on any atom is 0.261 e. The van der Waals surface area contributed by atoms with Gasteiger partial charge in [-0.25, -0.2) is 0 Å². The zero-order chi connectivity index (χ0) is 15.3. The highest BCUT2D eigenvalue weighted by Gasteiger charge is 2.22. The van der Waals surface area contributed by atoms with E-state index in [0.29, 0.717) is 11.4 Å². The normalized spacial score (nSPS) is 12.8. The van der Waals surface area contributed by atoms with Gasteiger partial charge in [0.1, 0.15) is 0 Å². The number of aliphatic hydroxyl groups is 1. The summed E-state index contributed by atoms with van der Waals surface area (Å²) in [6, 6.07) is 3.54. The summed E-state index contributed by atoms with van der Waals surface area (Å²) in [5.41, 5.74) is -0.265. The van der Waals surface area contributed by atoms with Crippen molar-refractivity contribution in [1.82, 2.24) is 10.6 Å². The van der Waals surface area contributed by atoms with Crippen molar-refractivity contribution >= 4 is 23.2 Å². The minimum atomic E-state index is -0.592. The fourth-order valence-corrected chi connectivity index (χ4v) is 2.25. The predicted molar refractivity (Wildman–Crippen MR) is 79.6 cm³/mol. The summed E-state index contributed by atoms with van der Waals surface area (Å²) in [5, 5.41) is 15.3. The van der Waals surface area contributed by atoms with E-state index in [4.69, 9.17) is 0 Å². The first-order valence-electron chi connectivity index (χ1n) is 6.49. The van der Waals surface area contributed by atoms with Crippen LogP contribution in [-0.2, 0) is 11.3 Å². The van der Waals surface area contributed by atoms with Gasteiger partial charge in [-0.3, -0.25) is 9.59 Å². The Hall–Kier alpha value is -1.40. The van der Waals surface area contributed by atoms with Crippen LogP contribution in [0.5, 0.6) is 0 Å². The highest BCUT2D eigenvalue weighted by Crippen LogP contribution is 2.19. The fraction of sp³-hybridized carbons (Fsp3) is 0.571. The van der Waals surface area contributed by atoms with Crippen LogP contribution in [0, 0.1) is 5.41 Å². The molecule has 0 saturated carbocycles. The zero-order valence-electron chi connectivity index (χ0n) is 12.3. The number of hydrogen-bond donors (Lipinski definition) is 3. The van der Waals surface area contributed by atoms with Gasteiger partial charge in [-0.05, 0) is 17.5 Å². The summed E-state index contributed by atoms with van der Waals surface area (Å²) in [7, 11) is 0. The van der Waals surface area contributed by atoms with Crippen molar-refractivity contribution in [3.8, 4) is 0 Å². The molecule has 1 rings (SSSR count). The number of hydrogen-bond acceptors (Lipinski definition) is 4. The Morgan fingerprint density at radius 2 is 1.95 bits per heavy atom. The average Bonchev–Trinajstić information content (AvgIpc) is 2.80. The molecule has 0 aliphatic rings. The van der Waals surface area contributed by atoms with Gasteiger partial charge < -0.3 is 15.7 Å². The minimum absolute atomic E-state index is 0.0994. The van der Waals surface area contributed by atoms with Crippen LogP contribution in [0.2, 0.25) is 0 Å². The SMILES string of the molecule is CC(=O)NCc1ccc(C(=O)NCC(O)C(C)(C)C)s1. The third kappa shape index (κ3) is 5.30. The molecule has 20 heavy (non-hydrogen) atoms. The molecule has 1 atom stereocenters. The summed E-state index contributed by atoms with van der Waals surface area (Å²) < 4.78 is 0. The molecule has 1 heterocycles. The first kappa shape index (κ1) is 16.7. The summed E-state index contributed by atoms with van der Waals surface area (Å²) in [5.74, 6) is -0.301. The lowest BCUT2D eigenvalue weighted by molar-refractivity contribution is -0.119. The van der Waals surface area contributed by atoms with Gasteiger partial charge >= 0.3 is 0 Å². The zero-order valence-corrected chi connectivity index (χ0v) is 13.1. The number of aliphatic hydroxyl groups excluding tert-OH is 1. The molecule has 1 aromatic rings. The van der Waals surface area contributed by atoms with Crippen LogP contribution in [0.25, 0.3) is 0 Å². The number of nitrogens with one attached hydrogen (secondary N) is 2. The molecule has 0 radical (unpaired) electrons. The molecule has 112 valence electrons. The van der Waals surface area contributed by atoms with E-state index in [1.54, 1.807) is 6.07 Å². The quantitative estimate of drug-likeness (QED) is 0.771. The van der Waals surface area contributed by atoms with Crippen LogP contribution in [-0.4, -0.2) is 29.6 Å². The van der Waals surface area contributed by atoms with Crippen molar-refractivity contribution in [1.29, 1.82) is 0 Å². The second-order valence-electron chi connectivity index (χ2n) is 5.77. The van der Waals surface area contributed by atoms with Gasteiger partial charge in [-0.1, -0.05) is 20.8 Å². The third-order valence-corrected chi connectivity index (χ3v) is 3.94. The van der Waals surface area contributed by atoms with Crippen molar-refractivity contribution in [3.63, 3.8) is 0 Å². The monoisotopic (exact) mass is 298 g/mol. The van der Waals surface area contributed by atoms with Crippen LogP contribution in [0.4, 0.5) is 0 Å². The molecule has 5 nitrogen and oxygen atoms in total. The van der Waals surface area contributed by atoms with Crippen LogP contribution >= 0.6 is 11.3 Å². The number of rotatable bonds is 5. The topological polar surface area (TPSA) is 78.4 Å². The minimum Gasteiger partial charge on any atom is -0.391 e.